The van der Waals surface area contributed by atoms with Crippen LogP contribution in [-0.4, -0.2) is 16.2 Å². The van der Waals surface area contributed by atoms with E-state index in [1.807, 2.05) is 6.26 Å². The van der Waals surface area contributed by atoms with E-state index in [0.29, 0.717) is 17.5 Å². The molecule has 0 aliphatic carbocycles. The highest BCUT2D eigenvalue weighted by atomic mass is 32.2. The van der Waals surface area contributed by atoms with Gasteiger partial charge in [0, 0.05) is 12.0 Å². The second kappa shape index (κ2) is 7.63. The maximum absolute atomic E-state index is 12.4. The third-order valence-corrected chi connectivity index (χ3v) is 4.37. The van der Waals surface area contributed by atoms with Crippen LogP contribution in [0.3, 0.4) is 0 Å². The molecule has 0 unspecified atom stereocenters. The number of hydrogen-bond donors (Lipinski definition) is 1. The van der Waals surface area contributed by atoms with Gasteiger partial charge < -0.3 is 4.98 Å². The van der Waals surface area contributed by atoms with E-state index in [0.717, 1.165) is 29.7 Å². The fourth-order valence-corrected chi connectivity index (χ4v) is 2.86. The molecule has 0 aliphatic heterocycles. The molecule has 22 heavy (non-hydrogen) atoms. The predicted molar refractivity (Wildman–Crippen MR) is 94.0 cm³/mol. The Balaban J connectivity index is 2.33. The lowest BCUT2D eigenvalue weighted by Crippen LogP contribution is -2.19. The number of aromatic nitrogens is 2. The second-order valence-corrected chi connectivity index (χ2v) is 6.62. The molecule has 2 rings (SSSR count). The summed E-state index contributed by atoms with van der Waals surface area (Å²) in [6.45, 7) is 6.48. The SMILES string of the molecule is CCCc1nc(SC)[nH]c(=O)c1Cc1ccc(C(C)C)cc1. The van der Waals surface area contributed by atoms with Crippen LogP contribution in [0.25, 0.3) is 0 Å². The minimum atomic E-state index is -0.00395. The van der Waals surface area contributed by atoms with Crippen LogP contribution in [-0.2, 0) is 12.8 Å². The topological polar surface area (TPSA) is 45.8 Å². The Bertz CT molecular complexity index is 674. The third kappa shape index (κ3) is 4.01. The van der Waals surface area contributed by atoms with E-state index in [1.54, 1.807) is 0 Å². The van der Waals surface area contributed by atoms with E-state index in [2.05, 4.69) is 55.0 Å². The molecule has 2 aromatic rings. The second-order valence-electron chi connectivity index (χ2n) is 5.82. The van der Waals surface area contributed by atoms with Gasteiger partial charge in [0.2, 0.25) is 0 Å². The quantitative estimate of drug-likeness (QED) is 0.643. The smallest absolute Gasteiger partial charge is 0.255 e. The lowest BCUT2D eigenvalue weighted by atomic mass is 9.98. The zero-order chi connectivity index (χ0) is 16.1. The maximum atomic E-state index is 12.4. The van der Waals surface area contributed by atoms with Crippen molar-refractivity contribution in [3.63, 3.8) is 0 Å². The zero-order valence-electron chi connectivity index (χ0n) is 13.8. The summed E-state index contributed by atoms with van der Waals surface area (Å²) in [5.41, 5.74) is 4.21. The van der Waals surface area contributed by atoms with Gasteiger partial charge in [-0.3, -0.25) is 4.79 Å². The number of nitrogens with zero attached hydrogens (tertiary/aromatic N) is 1. The molecule has 0 spiro atoms. The van der Waals surface area contributed by atoms with Crippen molar-refractivity contribution < 1.29 is 0 Å². The van der Waals surface area contributed by atoms with E-state index >= 15 is 0 Å². The number of nitrogens with one attached hydrogen (secondary N) is 1. The number of aromatic amines is 1. The van der Waals surface area contributed by atoms with Crippen LogP contribution in [0.15, 0.2) is 34.2 Å². The summed E-state index contributed by atoms with van der Waals surface area (Å²) >= 11 is 1.48. The minimum Gasteiger partial charge on any atom is -0.301 e. The highest BCUT2D eigenvalue weighted by Gasteiger charge is 2.12. The van der Waals surface area contributed by atoms with Crippen molar-refractivity contribution in [2.45, 2.75) is 51.1 Å². The number of thioether (sulfide) groups is 1. The molecule has 0 bridgehead atoms. The van der Waals surface area contributed by atoms with Crippen LogP contribution in [0.2, 0.25) is 0 Å². The standard InChI is InChI=1S/C18H24N2OS/c1-5-6-16-15(17(21)20-18(19-16)22-4)11-13-7-9-14(10-8-13)12(2)3/h7-10,12H,5-6,11H2,1-4H3,(H,19,20,21). The summed E-state index contributed by atoms with van der Waals surface area (Å²) in [6, 6.07) is 8.54. The molecule has 0 fully saturated rings. The molecular formula is C18H24N2OS. The van der Waals surface area contributed by atoms with Gasteiger partial charge in [0.15, 0.2) is 5.16 Å². The average molecular weight is 316 g/mol. The lowest BCUT2D eigenvalue weighted by Gasteiger charge is -2.10. The number of hydrogen-bond acceptors (Lipinski definition) is 3. The Labute approximate surface area is 136 Å². The fourth-order valence-electron chi connectivity index (χ4n) is 2.47. The van der Waals surface area contributed by atoms with Crippen LogP contribution < -0.4 is 5.56 Å². The van der Waals surface area contributed by atoms with Gasteiger partial charge >= 0.3 is 0 Å². The van der Waals surface area contributed by atoms with Crippen molar-refractivity contribution >= 4 is 11.8 Å². The molecule has 1 N–H and O–H groups in total. The molecule has 1 aromatic carbocycles. The van der Waals surface area contributed by atoms with Crippen LogP contribution in [0.5, 0.6) is 0 Å². The Morgan fingerprint density at radius 2 is 1.91 bits per heavy atom. The van der Waals surface area contributed by atoms with Crippen LogP contribution in [0.1, 0.15) is 55.5 Å². The van der Waals surface area contributed by atoms with Crippen LogP contribution in [0.4, 0.5) is 0 Å². The molecule has 0 saturated carbocycles. The predicted octanol–water partition coefficient (Wildman–Crippen LogP) is 4.16. The molecule has 0 radical (unpaired) electrons. The molecule has 3 nitrogen and oxygen atoms in total. The monoisotopic (exact) mass is 316 g/mol. The number of H-pyrrole nitrogens is 1. The number of aryl methyl sites for hydroxylation is 1. The normalized spacial score (nSPS) is 11.1. The first-order valence-electron chi connectivity index (χ1n) is 7.80. The highest BCUT2D eigenvalue weighted by Crippen LogP contribution is 2.18. The largest absolute Gasteiger partial charge is 0.301 e. The van der Waals surface area contributed by atoms with E-state index < -0.39 is 0 Å². The summed E-state index contributed by atoms with van der Waals surface area (Å²) in [4.78, 5) is 19.8. The first-order chi connectivity index (χ1) is 10.5. The van der Waals surface area contributed by atoms with E-state index in [9.17, 15) is 4.79 Å². The fraction of sp³-hybridized carbons (Fsp3) is 0.444. The Morgan fingerprint density at radius 1 is 1.23 bits per heavy atom. The van der Waals surface area contributed by atoms with Gasteiger partial charge in [-0.05, 0) is 29.7 Å². The summed E-state index contributed by atoms with van der Waals surface area (Å²) < 4.78 is 0. The molecule has 118 valence electrons. The summed E-state index contributed by atoms with van der Waals surface area (Å²) in [7, 11) is 0. The van der Waals surface area contributed by atoms with E-state index in [4.69, 9.17) is 0 Å². The van der Waals surface area contributed by atoms with Crippen LogP contribution in [0, 0.1) is 0 Å². The van der Waals surface area contributed by atoms with Crippen molar-refractivity contribution in [1.29, 1.82) is 0 Å². The van der Waals surface area contributed by atoms with E-state index in [-0.39, 0.29) is 5.56 Å². The first kappa shape index (κ1) is 16.8. The van der Waals surface area contributed by atoms with E-state index in [1.165, 1.54) is 17.3 Å². The molecule has 0 saturated heterocycles. The number of benzene rings is 1. The number of rotatable bonds is 6. The average Bonchev–Trinajstić information content (AvgIpc) is 2.51. The van der Waals surface area contributed by atoms with Gasteiger partial charge in [-0.1, -0.05) is 63.2 Å². The first-order valence-corrected chi connectivity index (χ1v) is 9.02. The molecule has 0 amide bonds. The minimum absolute atomic E-state index is 0.00395. The Kier molecular flexibility index (Phi) is 5.83. The Morgan fingerprint density at radius 3 is 2.45 bits per heavy atom. The molecule has 0 atom stereocenters. The van der Waals surface area contributed by atoms with Gasteiger partial charge in [0.25, 0.3) is 5.56 Å². The van der Waals surface area contributed by atoms with Crippen molar-refractivity contribution in [2.75, 3.05) is 6.26 Å². The van der Waals surface area contributed by atoms with Gasteiger partial charge in [-0.15, -0.1) is 0 Å². The molecule has 0 aliphatic rings. The van der Waals surface area contributed by atoms with Crippen molar-refractivity contribution in [3.8, 4) is 0 Å². The van der Waals surface area contributed by atoms with Crippen molar-refractivity contribution in [3.05, 3.63) is 57.0 Å². The maximum Gasteiger partial charge on any atom is 0.255 e. The zero-order valence-corrected chi connectivity index (χ0v) is 14.6. The summed E-state index contributed by atoms with van der Waals surface area (Å²) in [5, 5.41) is 0.701. The van der Waals surface area contributed by atoms with Crippen molar-refractivity contribution in [1.82, 2.24) is 9.97 Å². The third-order valence-electron chi connectivity index (χ3n) is 3.79. The van der Waals surface area contributed by atoms with Crippen LogP contribution >= 0.6 is 11.8 Å². The molecule has 1 aromatic heterocycles. The summed E-state index contributed by atoms with van der Waals surface area (Å²) in [5.74, 6) is 0.524. The summed E-state index contributed by atoms with van der Waals surface area (Å²) in [6.07, 6.45) is 4.41. The molecule has 4 heteroatoms. The van der Waals surface area contributed by atoms with Gasteiger partial charge in [0.05, 0.1) is 5.69 Å². The van der Waals surface area contributed by atoms with Gasteiger partial charge in [0.1, 0.15) is 0 Å². The van der Waals surface area contributed by atoms with Gasteiger partial charge in [-0.2, -0.15) is 0 Å². The highest BCUT2D eigenvalue weighted by molar-refractivity contribution is 7.98. The lowest BCUT2D eigenvalue weighted by molar-refractivity contribution is 0.789. The molecule has 1 heterocycles. The molecular weight excluding hydrogens is 292 g/mol. The van der Waals surface area contributed by atoms with Crippen molar-refractivity contribution in [2.24, 2.45) is 0 Å². The Hall–Kier alpha value is -1.55. The van der Waals surface area contributed by atoms with Gasteiger partial charge in [-0.25, -0.2) is 4.98 Å².